The number of carboxylic acids is 1. The van der Waals surface area contributed by atoms with E-state index in [-0.39, 0.29) is 24.4 Å². The number of aromatic nitrogens is 2. The molecule has 2 aromatic rings. The fraction of sp³-hybridized carbons (Fsp3) is 0.500. The summed E-state index contributed by atoms with van der Waals surface area (Å²) in [4.78, 5) is 45.4. The van der Waals surface area contributed by atoms with Crippen molar-refractivity contribution < 1.29 is 14.7 Å². The van der Waals surface area contributed by atoms with Crippen LogP contribution in [0.1, 0.15) is 29.6 Å². The molecular weight excluding hydrogens is 330 g/mol. The molecule has 0 aliphatic rings. The number of aryl methyl sites for hydroxylation is 3. The molecule has 2 N–H and O–H groups in total. The number of hydrogen-bond acceptors (Lipinski definition) is 5. The van der Waals surface area contributed by atoms with Crippen LogP contribution in [0, 0.1) is 19.8 Å². The number of nitrogens with one attached hydrogen (secondary N) is 1. The van der Waals surface area contributed by atoms with Crippen molar-refractivity contribution in [2.45, 2.75) is 33.6 Å². The SMILES string of the molecule is Cc1sc2nc(CCC(=O)N(C)CC(C)C(=O)O)[nH]c(=O)c2c1C. The lowest BCUT2D eigenvalue weighted by Gasteiger charge is -2.19. The summed E-state index contributed by atoms with van der Waals surface area (Å²) in [6.45, 7) is 5.55. The molecule has 2 rings (SSSR count). The number of carbonyl (C=O) groups is 2. The van der Waals surface area contributed by atoms with E-state index in [1.165, 1.54) is 16.2 Å². The second-order valence-electron chi connectivity index (χ2n) is 5.99. The maximum atomic E-state index is 12.2. The number of amides is 1. The number of thiophene rings is 1. The van der Waals surface area contributed by atoms with E-state index in [4.69, 9.17) is 5.11 Å². The number of carboxylic acid groups (broad SMARTS) is 1. The van der Waals surface area contributed by atoms with E-state index in [9.17, 15) is 14.4 Å². The second kappa shape index (κ2) is 7.12. The highest BCUT2D eigenvalue weighted by Gasteiger charge is 2.18. The Morgan fingerprint density at radius 2 is 2.04 bits per heavy atom. The minimum Gasteiger partial charge on any atom is -0.481 e. The number of H-pyrrole nitrogens is 1. The molecule has 8 heteroatoms. The average Bonchev–Trinajstić information content (AvgIpc) is 2.79. The number of hydrogen-bond donors (Lipinski definition) is 2. The third kappa shape index (κ3) is 3.81. The molecule has 0 radical (unpaired) electrons. The third-order valence-corrected chi connectivity index (χ3v) is 5.16. The molecule has 1 atom stereocenters. The van der Waals surface area contributed by atoms with Crippen LogP contribution >= 0.6 is 11.3 Å². The zero-order valence-corrected chi connectivity index (χ0v) is 15.0. The first kappa shape index (κ1) is 18.1. The number of rotatable bonds is 6. The molecule has 1 amide bonds. The van der Waals surface area contributed by atoms with Gasteiger partial charge >= 0.3 is 5.97 Å². The molecular formula is C16H21N3O4S. The van der Waals surface area contributed by atoms with E-state index in [1.54, 1.807) is 14.0 Å². The molecule has 1 unspecified atom stereocenters. The van der Waals surface area contributed by atoms with E-state index in [0.29, 0.717) is 22.5 Å². The minimum absolute atomic E-state index is 0.153. The van der Waals surface area contributed by atoms with Gasteiger partial charge in [0.2, 0.25) is 5.91 Å². The van der Waals surface area contributed by atoms with E-state index in [1.807, 2.05) is 13.8 Å². The van der Waals surface area contributed by atoms with Crippen LogP contribution in [0.4, 0.5) is 0 Å². The Balaban J connectivity index is 2.07. The van der Waals surface area contributed by atoms with Crippen molar-refractivity contribution >= 4 is 33.4 Å². The van der Waals surface area contributed by atoms with Gasteiger partial charge in [-0.3, -0.25) is 14.4 Å². The van der Waals surface area contributed by atoms with Crippen LogP contribution in [0.15, 0.2) is 4.79 Å². The van der Waals surface area contributed by atoms with E-state index < -0.39 is 11.9 Å². The number of nitrogens with zero attached hydrogens (tertiary/aromatic N) is 2. The van der Waals surface area contributed by atoms with Crippen LogP contribution in [0.25, 0.3) is 10.2 Å². The lowest BCUT2D eigenvalue weighted by molar-refractivity contribution is -0.142. The summed E-state index contributed by atoms with van der Waals surface area (Å²) in [5, 5.41) is 9.50. The predicted molar refractivity (Wildman–Crippen MR) is 92.5 cm³/mol. The van der Waals surface area contributed by atoms with Crippen molar-refractivity contribution in [2.24, 2.45) is 5.92 Å². The Bertz CT molecular complexity index is 840. The lowest BCUT2D eigenvalue weighted by atomic mass is 10.1. The summed E-state index contributed by atoms with van der Waals surface area (Å²) in [7, 11) is 1.58. The summed E-state index contributed by atoms with van der Waals surface area (Å²) in [6.07, 6.45) is 0.479. The fourth-order valence-electron chi connectivity index (χ4n) is 2.42. The van der Waals surface area contributed by atoms with Crippen LogP contribution in [-0.4, -0.2) is 45.4 Å². The maximum Gasteiger partial charge on any atom is 0.308 e. The molecule has 0 bridgehead atoms. The predicted octanol–water partition coefficient (Wildman–Crippen LogP) is 1.71. The van der Waals surface area contributed by atoms with Crippen molar-refractivity contribution in [2.75, 3.05) is 13.6 Å². The van der Waals surface area contributed by atoms with E-state index in [0.717, 1.165) is 10.4 Å². The summed E-state index contributed by atoms with van der Waals surface area (Å²) in [6, 6.07) is 0. The van der Waals surface area contributed by atoms with Crippen LogP contribution in [0.2, 0.25) is 0 Å². The van der Waals surface area contributed by atoms with Crippen molar-refractivity contribution in [1.29, 1.82) is 0 Å². The summed E-state index contributed by atoms with van der Waals surface area (Å²) < 4.78 is 0. The summed E-state index contributed by atoms with van der Waals surface area (Å²) in [5.41, 5.74) is 0.755. The number of aliphatic carboxylic acids is 1. The summed E-state index contributed by atoms with van der Waals surface area (Å²) >= 11 is 1.47. The molecule has 2 aromatic heterocycles. The van der Waals surface area contributed by atoms with Crippen LogP contribution < -0.4 is 5.56 Å². The molecule has 130 valence electrons. The van der Waals surface area contributed by atoms with Crippen molar-refractivity contribution in [3.05, 3.63) is 26.6 Å². The van der Waals surface area contributed by atoms with Gasteiger partial charge in [0, 0.05) is 31.3 Å². The van der Waals surface area contributed by atoms with Gasteiger partial charge in [-0.25, -0.2) is 4.98 Å². The van der Waals surface area contributed by atoms with E-state index in [2.05, 4.69) is 9.97 Å². The minimum atomic E-state index is -0.936. The first-order chi connectivity index (χ1) is 11.2. The smallest absolute Gasteiger partial charge is 0.308 e. The van der Waals surface area contributed by atoms with Gasteiger partial charge < -0.3 is 15.0 Å². The monoisotopic (exact) mass is 351 g/mol. The Kier molecular flexibility index (Phi) is 5.38. The molecule has 0 saturated carbocycles. The molecule has 0 aliphatic heterocycles. The molecule has 7 nitrogen and oxygen atoms in total. The number of aromatic amines is 1. The number of carbonyl (C=O) groups excluding carboxylic acids is 1. The summed E-state index contributed by atoms with van der Waals surface area (Å²) in [5.74, 6) is -1.26. The van der Waals surface area contributed by atoms with Gasteiger partial charge in [0.25, 0.3) is 5.56 Å². The molecule has 24 heavy (non-hydrogen) atoms. The average molecular weight is 351 g/mol. The molecule has 0 fully saturated rings. The molecule has 0 aromatic carbocycles. The van der Waals surface area contributed by atoms with Crippen LogP contribution in [0.3, 0.4) is 0 Å². The Labute approximate surface area is 143 Å². The first-order valence-electron chi connectivity index (χ1n) is 7.66. The molecule has 0 aliphatic carbocycles. The Morgan fingerprint density at radius 3 is 2.67 bits per heavy atom. The van der Waals surface area contributed by atoms with Gasteiger partial charge in [-0.15, -0.1) is 11.3 Å². The van der Waals surface area contributed by atoms with Crippen LogP contribution in [-0.2, 0) is 16.0 Å². The topological polar surface area (TPSA) is 103 Å². The van der Waals surface area contributed by atoms with Crippen molar-refractivity contribution in [3.8, 4) is 0 Å². The third-order valence-electron chi connectivity index (χ3n) is 4.06. The zero-order valence-electron chi connectivity index (χ0n) is 14.2. The maximum absolute atomic E-state index is 12.2. The van der Waals surface area contributed by atoms with Gasteiger partial charge in [-0.05, 0) is 19.4 Å². The van der Waals surface area contributed by atoms with Crippen LogP contribution in [0.5, 0.6) is 0 Å². The largest absolute Gasteiger partial charge is 0.481 e. The molecule has 0 spiro atoms. The van der Waals surface area contributed by atoms with E-state index >= 15 is 0 Å². The fourth-order valence-corrected chi connectivity index (χ4v) is 3.47. The Morgan fingerprint density at radius 1 is 1.38 bits per heavy atom. The highest BCUT2D eigenvalue weighted by Crippen LogP contribution is 2.25. The lowest BCUT2D eigenvalue weighted by Crippen LogP contribution is -2.33. The zero-order chi connectivity index (χ0) is 18.0. The van der Waals surface area contributed by atoms with Gasteiger partial charge in [0.1, 0.15) is 10.7 Å². The highest BCUT2D eigenvalue weighted by atomic mass is 32.1. The second-order valence-corrected chi connectivity index (χ2v) is 7.19. The molecule has 0 saturated heterocycles. The normalized spacial score (nSPS) is 12.3. The Hall–Kier alpha value is -2.22. The van der Waals surface area contributed by atoms with Gasteiger partial charge in [-0.1, -0.05) is 6.92 Å². The first-order valence-corrected chi connectivity index (χ1v) is 8.48. The van der Waals surface area contributed by atoms with Crippen molar-refractivity contribution in [3.63, 3.8) is 0 Å². The standard InChI is InChI=1S/C16H21N3O4S/c1-8(16(22)23)7-19(4)12(20)6-5-11-17-14(21)13-9(2)10(3)24-15(13)18-11/h8H,5-7H2,1-4H3,(H,22,23)(H,17,18,21). The van der Waals surface area contributed by atoms with Gasteiger partial charge in [0.05, 0.1) is 11.3 Å². The quantitative estimate of drug-likeness (QED) is 0.825. The van der Waals surface area contributed by atoms with Gasteiger partial charge in [0.15, 0.2) is 0 Å². The highest BCUT2D eigenvalue weighted by molar-refractivity contribution is 7.18. The van der Waals surface area contributed by atoms with Crippen molar-refractivity contribution in [1.82, 2.24) is 14.9 Å². The number of fused-ring (bicyclic) bond motifs is 1. The van der Waals surface area contributed by atoms with Gasteiger partial charge in [-0.2, -0.15) is 0 Å². The molecule has 2 heterocycles.